The van der Waals surface area contributed by atoms with Gasteiger partial charge in [0.15, 0.2) is 0 Å². The fourth-order valence-electron chi connectivity index (χ4n) is 1.64. The Morgan fingerprint density at radius 1 is 1.18 bits per heavy atom. The zero-order valence-corrected chi connectivity index (χ0v) is 11.0. The summed E-state index contributed by atoms with van der Waals surface area (Å²) in [6.45, 7) is 10.1. The van der Waals surface area contributed by atoms with E-state index in [1.54, 1.807) is 0 Å². The van der Waals surface area contributed by atoms with Crippen molar-refractivity contribution in [3.05, 3.63) is 17.6 Å². The lowest BCUT2D eigenvalue weighted by atomic mass is 10.1. The Morgan fingerprint density at radius 3 is 2.35 bits per heavy atom. The van der Waals surface area contributed by atoms with Crippen molar-refractivity contribution in [3.63, 3.8) is 0 Å². The molecule has 0 unspecified atom stereocenters. The number of hydrogen-bond donors (Lipinski definition) is 1. The fraction of sp³-hybridized carbons (Fsp3) is 0.692. The van der Waals surface area contributed by atoms with Gasteiger partial charge in [0.1, 0.15) is 11.6 Å². The molecular weight excluding hydrogens is 214 g/mol. The molecule has 1 N–H and O–H groups in total. The molecule has 0 atom stereocenters. The smallest absolute Gasteiger partial charge is 0.133 e. The molecule has 4 nitrogen and oxygen atoms in total. The maximum absolute atomic E-state index is 5.16. The van der Waals surface area contributed by atoms with Gasteiger partial charge in [-0.15, -0.1) is 0 Å². The van der Waals surface area contributed by atoms with E-state index >= 15 is 0 Å². The van der Waals surface area contributed by atoms with Crippen LogP contribution in [0.3, 0.4) is 0 Å². The van der Waals surface area contributed by atoms with E-state index in [1.807, 2.05) is 0 Å². The normalized spacial score (nSPS) is 16.4. The predicted molar refractivity (Wildman–Crippen MR) is 68.4 cm³/mol. The van der Waals surface area contributed by atoms with Gasteiger partial charge in [-0.1, -0.05) is 27.7 Å². The highest BCUT2D eigenvalue weighted by Crippen LogP contribution is 2.20. The molecule has 2 heterocycles. The van der Waals surface area contributed by atoms with Crippen LogP contribution in [-0.4, -0.2) is 29.2 Å². The van der Waals surface area contributed by atoms with Crippen molar-refractivity contribution < 1.29 is 4.74 Å². The first-order valence-electron chi connectivity index (χ1n) is 6.29. The minimum Gasteiger partial charge on any atom is -0.377 e. The number of hydrogen-bond acceptors (Lipinski definition) is 4. The van der Waals surface area contributed by atoms with Crippen LogP contribution in [0.15, 0.2) is 6.07 Å². The van der Waals surface area contributed by atoms with Gasteiger partial charge in [0.25, 0.3) is 0 Å². The van der Waals surface area contributed by atoms with Crippen molar-refractivity contribution in [2.45, 2.75) is 45.6 Å². The van der Waals surface area contributed by atoms with Crippen LogP contribution in [0, 0.1) is 0 Å². The van der Waals surface area contributed by atoms with Gasteiger partial charge in [-0.25, -0.2) is 9.97 Å². The van der Waals surface area contributed by atoms with Gasteiger partial charge in [-0.2, -0.15) is 0 Å². The van der Waals surface area contributed by atoms with Crippen LogP contribution in [0.5, 0.6) is 0 Å². The molecule has 0 aromatic carbocycles. The first-order valence-corrected chi connectivity index (χ1v) is 6.29. The highest BCUT2D eigenvalue weighted by molar-refractivity contribution is 5.39. The standard InChI is InChI=1S/C13H21N3O/c1-8(2)11-5-12(14-10-6-17-7-10)16-13(15-11)9(3)4/h5,8-10H,6-7H2,1-4H3,(H,14,15,16). The van der Waals surface area contributed by atoms with E-state index in [-0.39, 0.29) is 0 Å². The number of anilines is 1. The Morgan fingerprint density at radius 2 is 1.88 bits per heavy atom. The van der Waals surface area contributed by atoms with E-state index in [4.69, 9.17) is 4.74 Å². The molecule has 1 aromatic rings. The molecule has 0 spiro atoms. The summed E-state index contributed by atoms with van der Waals surface area (Å²) in [6.07, 6.45) is 0. The minimum atomic E-state index is 0.354. The van der Waals surface area contributed by atoms with Crippen LogP contribution in [0.2, 0.25) is 0 Å². The lowest BCUT2D eigenvalue weighted by Crippen LogP contribution is -2.40. The average molecular weight is 235 g/mol. The summed E-state index contributed by atoms with van der Waals surface area (Å²) in [5, 5.41) is 3.39. The Kier molecular flexibility index (Phi) is 3.62. The second kappa shape index (κ2) is 5.00. The molecule has 17 heavy (non-hydrogen) atoms. The van der Waals surface area contributed by atoms with Crippen molar-refractivity contribution >= 4 is 5.82 Å². The van der Waals surface area contributed by atoms with Crippen LogP contribution in [0.4, 0.5) is 5.82 Å². The maximum Gasteiger partial charge on any atom is 0.133 e. The van der Waals surface area contributed by atoms with Crippen LogP contribution in [-0.2, 0) is 4.74 Å². The third-order valence-electron chi connectivity index (χ3n) is 2.86. The summed E-state index contributed by atoms with van der Waals surface area (Å²) in [6, 6.07) is 2.46. The highest BCUT2D eigenvalue weighted by atomic mass is 16.5. The molecule has 2 rings (SSSR count). The Labute approximate surface area is 103 Å². The monoisotopic (exact) mass is 235 g/mol. The highest BCUT2D eigenvalue weighted by Gasteiger charge is 2.19. The summed E-state index contributed by atoms with van der Waals surface area (Å²) >= 11 is 0. The SMILES string of the molecule is CC(C)c1cc(NC2COC2)nc(C(C)C)n1. The molecule has 0 radical (unpaired) electrons. The van der Waals surface area contributed by atoms with Gasteiger partial charge in [0, 0.05) is 17.7 Å². The van der Waals surface area contributed by atoms with Crippen LogP contribution < -0.4 is 5.32 Å². The molecule has 1 aliphatic heterocycles. The minimum absolute atomic E-state index is 0.354. The third kappa shape index (κ3) is 2.94. The van der Waals surface area contributed by atoms with E-state index in [2.05, 4.69) is 49.0 Å². The molecule has 1 aliphatic rings. The molecule has 1 aromatic heterocycles. The van der Waals surface area contributed by atoms with Crippen molar-refractivity contribution in [1.82, 2.24) is 9.97 Å². The Balaban J connectivity index is 2.23. The largest absolute Gasteiger partial charge is 0.377 e. The lowest BCUT2D eigenvalue weighted by molar-refractivity contribution is 0.0209. The zero-order valence-electron chi connectivity index (χ0n) is 11.0. The summed E-state index contributed by atoms with van der Waals surface area (Å²) < 4.78 is 5.16. The second-order valence-electron chi connectivity index (χ2n) is 5.22. The van der Waals surface area contributed by atoms with Gasteiger partial charge >= 0.3 is 0 Å². The van der Waals surface area contributed by atoms with Crippen molar-refractivity contribution in [2.75, 3.05) is 18.5 Å². The Bertz CT molecular complexity index is 360. The first kappa shape index (κ1) is 12.3. The summed E-state index contributed by atoms with van der Waals surface area (Å²) in [7, 11) is 0. The molecule has 0 aliphatic carbocycles. The number of nitrogens with one attached hydrogen (secondary N) is 1. The lowest BCUT2D eigenvalue weighted by Gasteiger charge is -2.27. The van der Waals surface area contributed by atoms with Gasteiger partial charge in [0.2, 0.25) is 0 Å². The van der Waals surface area contributed by atoms with Gasteiger partial charge in [-0.05, 0) is 5.92 Å². The molecule has 1 saturated heterocycles. The summed E-state index contributed by atoms with van der Waals surface area (Å²) in [4.78, 5) is 9.16. The first-order chi connectivity index (χ1) is 8.06. The van der Waals surface area contributed by atoms with Crippen LogP contribution >= 0.6 is 0 Å². The predicted octanol–water partition coefficient (Wildman–Crippen LogP) is 2.53. The third-order valence-corrected chi connectivity index (χ3v) is 2.86. The van der Waals surface area contributed by atoms with Gasteiger partial charge < -0.3 is 10.1 Å². The quantitative estimate of drug-likeness (QED) is 0.871. The molecule has 0 amide bonds. The van der Waals surface area contributed by atoms with Crippen molar-refractivity contribution in [2.24, 2.45) is 0 Å². The van der Waals surface area contributed by atoms with E-state index in [0.29, 0.717) is 17.9 Å². The summed E-state index contributed by atoms with van der Waals surface area (Å²) in [5.41, 5.74) is 1.10. The van der Waals surface area contributed by atoms with E-state index in [0.717, 1.165) is 30.5 Å². The average Bonchev–Trinajstić information content (AvgIpc) is 2.23. The van der Waals surface area contributed by atoms with E-state index in [9.17, 15) is 0 Å². The topological polar surface area (TPSA) is 47.0 Å². The zero-order chi connectivity index (χ0) is 12.4. The van der Waals surface area contributed by atoms with Crippen molar-refractivity contribution in [3.8, 4) is 0 Å². The maximum atomic E-state index is 5.16. The van der Waals surface area contributed by atoms with Gasteiger partial charge in [-0.3, -0.25) is 0 Å². The second-order valence-corrected chi connectivity index (χ2v) is 5.22. The molecule has 4 heteroatoms. The molecule has 94 valence electrons. The van der Waals surface area contributed by atoms with Gasteiger partial charge in [0.05, 0.1) is 19.3 Å². The number of aromatic nitrogens is 2. The summed E-state index contributed by atoms with van der Waals surface area (Å²) in [5.74, 6) is 2.63. The molecule has 0 saturated carbocycles. The van der Waals surface area contributed by atoms with Crippen LogP contribution in [0.25, 0.3) is 0 Å². The molecule has 0 bridgehead atoms. The number of rotatable bonds is 4. The van der Waals surface area contributed by atoms with E-state index < -0.39 is 0 Å². The number of ether oxygens (including phenoxy) is 1. The van der Waals surface area contributed by atoms with E-state index in [1.165, 1.54) is 0 Å². The van der Waals surface area contributed by atoms with Crippen molar-refractivity contribution in [1.29, 1.82) is 0 Å². The fourth-order valence-corrected chi connectivity index (χ4v) is 1.64. The Hall–Kier alpha value is -1.16. The number of nitrogens with zero attached hydrogens (tertiary/aromatic N) is 2. The molecular formula is C13H21N3O. The van der Waals surface area contributed by atoms with Crippen LogP contribution in [0.1, 0.15) is 51.0 Å². The molecule has 1 fully saturated rings.